The molecule has 0 aromatic heterocycles. The lowest BCUT2D eigenvalue weighted by molar-refractivity contribution is -0.224. The molecule has 106 valence electrons. The van der Waals surface area contributed by atoms with Gasteiger partial charge in [-0.2, -0.15) is 0 Å². The summed E-state index contributed by atoms with van der Waals surface area (Å²) < 4.78 is 33.6. The second-order valence-electron chi connectivity index (χ2n) is 3.76. The van der Waals surface area contributed by atoms with Gasteiger partial charge in [0.05, 0.1) is 14.2 Å². The number of hydrogen-bond donors (Lipinski definition) is 0. The summed E-state index contributed by atoms with van der Waals surface area (Å²) in [6, 6.07) is 4.21. The van der Waals surface area contributed by atoms with Gasteiger partial charge in [0.1, 0.15) is 6.42 Å². The Bertz CT molecular complexity index is 443. The number of esters is 1. The van der Waals surface area contributed by atoms with Gasteiger partial charge in [-0.05, 0) is 18.2 Å². The van der Waals surface area contributed by atoms with Crippen molar-refractivity contribution in [2.45, 2.75) is 12.2 Å². The first-order valence-electron chi connectivity index (χ1n) is 5.54. The van der Waals surface area contributed by atoms with Crippen LogP contribution in [0.5, 0.6) is 5.75 Å². The third kappa shape index (κ3) is 3.21. The standard InChI is InChI=1S/C13H17FO5/c1-16-11-6-5-9(7-10(11)14)13(18-3,19-4)8-12(15)17-2/h5-7H,8H2,1-4H3. The lowest BCUT2D eigenvalue weighted by Gasteiger charge is -2.30. The third-order valence-electron chi connectivity index (χ3n) is 2.86. The number of methoxy groups -OCH3 is 4. The lowest BCUT2D eigenvalue weighted by Crippen LogP contribution is -2.34. The van der Waals surface area contributed by atoms with E-state index in [-0.39, 0.29) is 12.2 Å². The second-order valence-corrected chi connectivity index (χ2v) is 3.76. The van der Waals surface area contributed by atoms with Gasteiger partial charge in [-0.15, -0.1) is 0 Å². The maximum atomic E-state index is 13.7. The molecule has 5 nitrogen and oxygen atoms in total. The van der Waals surface area contributed by atoms with Crippen molar-refractivity contribution < 1.29 is 28.1 Å². The van der Waals surface area contributed by atoms with E-state index < -0.39 is 17.6 Å². The van der Waals surface area contributed by atoms with Crippen molar-refractivity contribution in [3.63, 3.8) is 0 Å². The minimum absolute atomic E-state index is 0.0999. The van der Waals surface area contributed by atoms with Crippen molar-refractivity contribution in [3.05, 3.63) is 29.6 Å². The molecule has 0 aliphatic heterocycles. The minimum atomic E-state index is -1.39. The molecule has 0 amide bonds. The molecule has 0 aliphatic rings. The first kappa shape index (κ1) is 15.4. The van der Waals surface area contributed by atoms with Crippen LogP contribution < -0.4 is 4.74 Å². The summed E-state index contributed by atoms with van der Waals surface area (Å²) in [5.41, 5.74) is 0.362. The zero-order chi connectivity index (χ0) is 14.5. The predicted molar refractivity (Wildman–Crippen MR) is 65.3 cm³/mol. The van der Waals surface area contributed by atoms with Crippen molar-refractivity contribution >= 4 is 5.97 Å². The average Bonchev–Trinajstić information content (AvgIpc) is 2.44. The Morgan fingerprint density at radius 2 is 1.84 bits per heavy atom. The van der Waals surface area contributed by atoms with E-state index in [9.17, 15) is 9.18 Å². The topological polar surface area (TPSA) is 54.0 Å². The number of rotatable bonds is 6. The molecule has 0 heterocycles. The molecular weight excluding hydrogens is 255 g/mol. The predicted octanol–water partition coefficient (Wildman–Crippen LogP) is 1.84. The normalized spacial score (nSPS) is 11.2. The molecule has 1 aromatic rings. The van der Waals surface area contributed by atoms with Crippen LogP contribution in [0, 0.1) is 5.82 Å². The van der Waals surface area contributed by atoms with Crippen LogP contribution in [0.1, 0.15) is 12.0 Å². The molecule has 0 unspecified atom stereocenters. The molecule has 0 fully saturated rings. The Morgan fingerprint density at radius 3 is 2.26 bits per heavy atom. The molecule has 1 rings (SSSR count). The Kier molecular flexibility index (Phi) is 5.26. The van der Waals surface area contributed by atoms with Crippen LogP contribution in [0.15, 0.2) is 18.2 Å². The number of halogens is 1. The Hall–Kier alpha value is -1.66. The van der Waals surface area contributed by atoms with Crippen molar-refractivity contribution in [1.82, 2.24) is 0 Å². The van der Waals surface area contributed by atoms with Gasteiger partial charge in [0.2, 0.25) is 5.79 Å². The molecule has 0 radical (unpaired) electrons. The van der Waals surface area contributed by atoms with Crippen molar-refractivity contribution in [1.29, 1.82) is 0 Å². The number of hydrogen-bond acceptors (Lipinski definition) is 5. The maximum Gasteiger partial charge on any atom is 0.311 e. The summed E-state index contributed by atoms with van der Waals surface area (Å²) in [6.45, 7) is 0. The fraction of sp³-hybridized carbons (Fsp3) is 0.462. The van der Waals surface area contributed by atoms with E-state index in [2.05, 4.69) is 4.74 Å². The average molecular weight is 272 g/mol. The van der Waals surface area contributed by atoms with E-state index in [1.54, 1.807) is 6.07 Å². The molecule has 0 spiro atoms. The van der Waals surface area contributed by atoms with Crippen molar-refractivity contribution in [3.8, 4) is 5.75 Å². The second kappa shape index (κ2) is 6.49. The van der Waals surface area contributed by atoms with E-state index in [1.807, 2.05) is 0 Å². The lowest BCUT2D eigenvalue weighted by atomic mass is 10.0. The monoisotopic (exact) mass is 272 g/mol. The van der Waals surface area contributed by atoms with E-state index in [1.165, 1.54) is 40.6 Å². The summed E-state index contributed by atoms with van der Waals surface area (Å²) >= 11 is 0. The zero-order valence-electron chi connectivity index (χ0n) is 11.4. The van der Waals surface area contributed by atoms with E-state index in [4.69, 9.17) is 14.2 Å². The Labute approximate surface area is 111 Å². The highest BCUT2D eigenvalue weighted by molar-refractivity contribution is 5.70. The molecule has 0 atom stereocenters. The first-order chi connectivity index (χ1) is 9.02. The molecule has 6 heteroatoms. The highest BCUT2D eigenvalue weighted by atomic mass is 19.1. The van der Waals surface area contributed by atoms with Crippen LogP contribution in [0.3, 0.4) is 0 Å². The van der Waals surface area contributed by atoms with Crippen LogP contribution in [0.2, 0.25) is 0 Å². The van der Waals surface area contributed by atoms with Gasteiger partial charge in [-0.1, -0.05) is 0 Å². The van der Waals surface area contributed by atoms with Gasteiger partial charge >= 0.3 is 5.97 Å². The molecule has 0 saturated heterocycles. The SMILES string of the molecule is COC(=O)CC(OC)(OC)c1ccc(OC)c(F)c1. The summed E-state index contributed by atoms with van der Waals surface area (Å²) in [4.78, 5) is 11.4. The highest BCUT2D eigenvalue weighted by Crippen LogP contribution is 2.32. The molecular formula is C13H17FO5. The summed E-state index contributed by atoms with van der Waals surface area (Å²) in [6.07, 6.45) is -0.192. The summed E-state index contributed by atoms with van der Waals surface area (Å²) in [5, 5.41) is 0. The molecule has 0 aliphatic carbocycles. The fourth-order valence-electron chi connectivity index (χ4n) is 1.73. The van der Waals surface area contributed by atoms with E-state index in [0.29, 0.717) is 5.56 Å². The van der Waals surface area contributed by atoms with Gasteiger partial charge in [0.25, 0.3) is 0 Å². The number of carbonyl (C=O) groups excluding carboxylic acids is 1. The van der Waals surface area contributed by atoms with Gasteiger partial charge in [-0.3, -0.25) is 4.79 Å². The third-order valence-corrected chi connectivity index (χ3v) is 2.86. The smallest absolute Gasteiger partial charge is 0.311 e. The largest absolute Gasteiger partial charge is 0.494 e. The molecule has 19 heavy (non-hydrogen) atoms. The van der Waals surface area contributed by atoms with Gasteiger partial charge in [-0.25, -0.2) is 4.39 Å². The van der Waals surface area contributed by atoms with Gasteiger partial charge < -0.3 is 18.9 Å². The Morgan fingerprint density at radius 1 is 1.21 bits per heavy atom. The van der Waals surface area contributed by atoms with Crippen LogP contribution in [-0.2, 0) is 24.8 Å². The molecule has 1 aromatic carbocycles. The molecule has 0 bridgehead atoms. The number of ether oxygens (including phenoxy) is 4. The quantitative estimate of drug-likeness (QED) is 0.584. The van der Waals surface area contributed by atoms with Crippen LogP contribution in [0.4, 0.5) is 4.39 Å². The van der Waals surface area contributed by atoms with Crippen LogP contribution >= 0.6 is 0 Å². The number of benzene rings is 1. The van der Waals surface area contributed by atoms with Crippen LogP contribution in [0.25, 0.3) is 0 Å². The van der Waals surface area contributed by atoms with E-state index >= 15 is 0 Å². The zero-order valence-corrected chi connectivity index (χ0v) is 11.4. The molecule has 0 saturated carbocycles. The first-order valence-corrected chi connectivity index (χ1v) is 5.54. The number of carbonyl (C=O) groups is 1. The van der Waals surface area contributed by atoms with Gasteiger partial charge in [0.15, 0.2) is 11.6 Å². The maximum absolute atomic E-state index is 13.7. The van der Waals surface area contributed by atoms with Crippen molar-refractivity contribution in [2.75, 3.05) is 28.4 Å². The minimum Gasteiger partial charge on any atom is -0.494 e. The Balaban J connectivity index is 3.18. The summed E-state index contributed by atoms with van der Waals surface area (Å²) in [7, 11) is 5.36. The van der Waals surface area contributed by atoms with Gasteiger partial charge in [0, 0.05) is 19.8 Å². The van der Waals surface area contributed by atoms with Crippen LogP contribution in [-0.4, -0.2) is 34.4 Å². The van der Waals surface area contributed by atoms with E-state index in [0.717, 1.165) is 0 Å². The highest BCUT2D eigenvalue weighted by Gasteiger charge is 2.36. The summed E-state index contributed by atoms with van der Waals surface area (Å²) in [5.74, 6) is -2.38. The molecule has 0 N–H and O–H groups in total. The van der Waals surface area contributed by atoms with Crippen molar-refractivity contribution in [2.24, 2.45) is 0 Å². The fourth-order valence-corrected chi connectivity index (χ4v) is 1.73.